The molecule has 2 aliphatic rings. The molecule has 0 aliphatic carbocycles. The number of piperazine rings is 1. The maximum atomic E-state index is 13.5. The largest absolute Gasteiger partial charge is 0.492 e. The van der Waals surface area contributed by atoms with Gasteiger partial charge in [-0.2, -0.15) is 4.31 Å². The van der Waals surface area contributed by atoms with Crippen molar-refractivity contribution in [2.45, 2.75) is 18.4 Å². The third-order valence-corrected chi connectivity index (χ3v) is 8.24. The first-order chi connectivity index (χ1) is 17.9. The van der Waals surface area contributed by atoms with Gasteiger partial charge in [-0.3, -0.25) is 9.69 Å². The summed E-state index contributed by atoms with van der Waals surface area (Å²) in [6.45, 7) is 5.08. The molecule has 0 spiro atoms. The number of fused-ring (bicyclic) bond motifs is 1. The molecule has 0 radical (unpaired) electrons. The summed E-state index contributed by atoms with van der Waals surface area (Å²) in [5, 5.41) is 2.80. The van der Waals surface area contributed by atoms with E-state index in [0.717, 1.165) is 17.1 Å². The molecular weight excluding hydrogens is 494 g/mol. The topological polar surface area (TPSA) is 97.4 Å². The highest BCUT2D eigenvalue weighted by molar-refractivity contribution is 7.89. The second-order valence-corrected chi connectivity index (χ2v) is 10.7. The minimum atomic E-state index is -3.76. The molecule has 3 aromatic rings. The first-order valence-corrected chi connectivity index (χ1v) is 13.6. The van der Waals surface area contributed by atoms with Crippen molar-refractivity contribution in [3.05, 3.63) is 77.9 Å². The van der Waals surface area contributed by atoms with Crippen LogP contribution in [-0.2, 0) is 16.6 Å². The Morgan fingerprint density at radius 3 is 2.46 bits per heavy atom. The van der Waals surface area contributed by atoms with E-state index in [9.17, 15) is 13.2 Å². The highest BCUT2D eigenvalue weighted by atomic mass is 32.2. The number of carbonyl (C=O) groups excluding carboxylic acids is 1. The smallest absolute Gasteiger partial charge is 0.255 e. The van der Waals surface area contributed by atoms with Crippen molar-refractivity contribution in [2.75, 3.05) is 44.9 Å². The molecule has 0 unspecified atom stereocenters. The minimum absolute atomic E-state index is 0.114. The zero-order valence-corrected chi connectivity index (χ0v) is 21.4. The lowest BCUT2D eigenvalue weighted by Crippen LogP contribution is -2.48. The predicted molar refractivity (Wildman–Crippen MR) is 139 cm³/mol. The van der Waals surface area contributed by atoms with Crippen LogP contribution < -0.4 is 19.5 Å². The molecular formula is C27H29N3O6S. The number of nitrogens with zero attached hydrogens (tertiary/aromatic N) is 2. The number of sulfonamides is 1. The summed E-state index contributed by atoms with van der Waals surface area (Å²) >= 11 is 0. The number of nitrogens with one attached hydrogen (secondary N) is 1. The van der Waals surface area contributed by atoms with Crippen LogP contribution in [0.1, 0.15) is 22.8 Å². The van der Waals surface area contributed by atoms with Crippen LogP contribution in [0.3, 0.4) is 0 Å². The fourth-order valence-electron chi connectivity index (χ4n) is 4.41. The Bertz CT molecular complexity index is 1370. The third-order valence-electron chi connectivity index (χ3n) is 6.35. The fourth-order valence-corrected chi connectivity index (χ4v) is 5.86. The molecule has 10 heteroatoms. The van der Waals surface area contributed by atoms with Crippen LogP contribution in [0.5, 0.6) is 17.2 Å². The van der Waals surface area contributed by atoms with E-state index in [1.165, 1.54) is 16.4 Å². The van der Waals surface area contributed by atoms with Crippen molar-refractivity contribution >= 4 is 21.6 Å². The van der Waals surface area contributed by atoms with Crippen LogP contribution in [0, 0.1) is 0 Å². The maximum Gasteiger partial charge on any atom is 0.255 e. The van der Waals surface area contributed by atoms with Gasteiger partial charge in [-0.15, -0.1) is 0 Å². The van der Waals surface area contributed by atoms with Crippen molar-refractivity contribution in [1.29, 1.82) is 0 Å². The second-order valence-electron chi connectivity index (χ2n) is 8.78. The summed E-state index contributed by atoms with van der Waals surface area (Å²) in [4.78, 5) is 15.1. The van der Waals surface area contributed by atoms with Gasteiger partial charge in [0, 0.05) is 38.3 Å². The van der Waals surface area contributed by atoms with Crippen LogP contribution in [0.25, 0.3) is 0 Å². The van der Waals surface area contributed by atoms with E-state index in [2.05, 4.69) is 10.2 Å². The Morgan fingerprint density at radius 2 is 1.70 bits per heavy atom. The molecule has 2 aliphatic heterocycles. The van der Waals surface area contributed by atoms with E-state index in [4.69, 9.17) is 14.2 Å². The first kappa shape index (κ1) is 25.1. The van der Waals surface area contributed by atoms with Crippen LogP contribution in [0.2, 0.25) is 0 Å². The highest BCUT2D eigenvalue weighted by Gasteiger charge is 2.29. The van der Waals surface area contributed by atoms with Gasteiger partial charge in [0.05, 0.1) is 17.2 Å². The molecule has 1 amide bonds. The SMILES string of the molecule is CCOc1ccc(S(=O)(=O)N2CCN(Cc3ccc4c(c3)OCO4)CC2)cc1NC(=O)c1ccccc1. The predicted octanol–water partition coefficient (Wildman–Crippen LogP) is 3.57. The number of hydrogen-bond acceptors (Lipinski definition) is 7. The fraction of sp³-hybridized carbons (Fsp3) is 0.296. The zero-order chi connectivity index (χ0) is 25.8. The van der Waals surface area contributed by atoms with Crippen LogP contribution >= 0.6 is 0 Å². The molecule has 9 nitrogen and oxygen atoms in total. The Hall–Kier alpha value is -3.60. The second kappa shape index (κ2) is 10.8. The van der Waals surface area contributed by atoms with Gasteiger partial charge in [0.2, 0.25) is 16.8 Å². The monoisotopic (exact) mass is 523 g/mol. The van der Waals surface area contributed by atoms with Crippen LogP contribution in [0.15, 0.2) is 71.6 Å². The molecule has 0 aromatic heterocycles. The maximum absolute atomic E-state index is 13.5. The standard InChI is InChI=1S/C27H29N3O6S/c1-2-34-24-11-9-22(17-23(24)28-27(31)21-6-4-3-5-7-21)37(32,33)30-14-12-29(13-15-30)18-20-8-10-25-26(16-20)36-19-35-25/h3-11,16-17H,2,12-15,18-19H2,1H3,(H,28,31). The first-order valence-electron chi connectivity index (χ1n) is 12.2. The molecule has 0 bridgehead atoms. The van der Waals surface area contributed by atoms with E-state index in [-0.39, 0.29) is 17.6 Å². The summed E-state index contributed by atoms with van der Waals surface area (Å²) in [6.07, 6.45) is 0. The molecule has 1 saturated heterocycles. The highest BCUT2D eigenvalue weighted by Crippen LogP contribution is 2.33. The normalized spacial score (nSPS) is 15.9. The van der Waals surface area contributed by atoms with Gasteiger partial charge in [-0.1, -0.05) is 24.3 Å². The zero-order valence-electron chi connectivity index (χ0n) is 20.6. The van der Waals surface area contributed by atoms with Gasteiger partial charge in [0.25, 0.3) is 5.91 Å². The molecule has 3 aromatic carbocycles. The Labute approximate surface area is 216 Å². The Morgan fingerprint density at radius 1 is 0.946 bits per heavy atom. The number of anilines is 1. The summed E-state index contributed by atoms with van der Waals surface area (Å²) < 4.78 is 44.9. The lowest BCUT2D eigenvalue weighted by Gasteiger charge is -2.34. The van der Waals surface area contributed by atoms with Crippen molar-refractivity contribution < 1.29 is 27.4 Å². The van der Waals surface area contributed by atoms with Crippen molar-refractivity contribution in [3.63, 3.8) is 0 Å². The summed E-state index contributed by atoms with van der Waals surface area (Å²) in [7, 11) is -3.76. The number of carbonyl (C=O) groups is 1. The molecule has 1 N–H and O–H groups in total. The number of ether oxygens (including phenoxy) is 3. The van der Waals surface area contributed by atoms with Gasteiger partial charge in [0.1, 0.15) is 5.75 Å². The summed E-state index contributed by atoms with van der Waals surface area (Å²) in [5.41, 5.74) is 1.88. The molecule has 5 rings (SSSR count). The Balaban J connectivity index is 1.27. The lowest BCUT2D eigenvalue weighted by molar-refractivity contribution is 0.102. The molecule has 0 saturated carbocycles. The van der Waals surface area contributed by atoms with Crippen LogP contribution in [0.4, 0.5) is 5.69 Å². The lowest BCUT2D eigenvalue weighted by atomic mass is 10.2. The molecule has 1 fully saturated rings. The molecule has 194 valence electrons. The minimum Gasteiger partial charge on any atom is -0.492 e. The van der Waals surface area contributed by atoms with Gasteiger partial charge < -0.3 is 19.5 Å². The molecule has 37 heavy (non-hydrogen) atoms. The Kier molecular flexibility index (Phi) is 7.31. The van der Waals surface area contributed by atoms with Crippen LogP contribution in [-0.4, -0.2) is 63.1 Å². The van der Waals surface area contributed by atoms with Crippen molar-refractivity contribution in [2.24, 2.45) is 0 Å². The molecule has 0 atom stereocenters. The third kappa shape index (κ3) is 5.56. The number of rotatable bonds is 8. The average molecular weight is 524 g/mol. The quantitative estimate of drug-likeness (QED) is 0.482. The van der Waals surface area contributed by atoms with E-state index in [1.54, 1.807) is 30.3 Å². The van der Waals surface area contributed by atoms with E-state index in [1.807, 2.05) is 31.2 Å². The van der Waals surface area contributed by atoms with Crippen molar-refractivity contribution in [3.8, 4) is 17.2 Å². The summed E-state index contributed by atoms with van der Waals surface area (Å²) in [6, 6.07) is 19.2. The van der Waals surface area contributed by atoms with Gasteiger partial charge >= 0.3 is 0 Å². The number of amides is 1. The van der Waals surface area contributed by atoms with E-state index < -0.39 is 10.0 Å². The molecule has 2 heterocycles. The number of benzene rings is 3. The van der Waals surface area contributed by atoms with Gasteiger partial charge in [0.15, 0.2) is 11.5 Å². The number of hydrogen-bond donors (Lipinski definition) is 1. The summed E-state index contributed by atoms with van der Waals surface area (Å²) in [5.74, 6) is 1.56. The van der Waals surface area contributed by atoms with Crippen molar-refractivity contribution in [1.82, 2.24) is 9.21 Å². The average Bonchev–Trinajstić information content (AvgIpc) is 3.38. The van der Waals surface area contributed by atoms with E-state index >= 15 is 0 Å². The van der Waals surface area contributed by atoms with Gasteiger partial charge in [-0.05, 0) is 55.0 Å². The van der Waals surface area contributed by atoms with Gasteiger partial charge in [-0.25, -0.2) is 8.42 Å². The van der Waals surface area contributed by atoms with E-state index in [0.29, 0.717) is 56.3 Å².